The maximum absolute atomic E-state index is 12.8. The number of likely N-dealkylation sites (N-methyl/N-ethyl adjacent to an activating group) is 1. The highest BCUT2D eigenvalue weighted by atomic mass is 16.7. The molecule has 0 saturated heterocycles. The molecule has 0 heterocycles. The summed E-state index contributed by atoms with van der Waals surface area (Å²) >= 11 is 0. The molecule has 2 atom stereocenters. The Morgan fingerprint density at radius 1 is 0.425 bits per heavy atom. The lowest BCUT2D eigenvalue weighted by Crippen LogP contribution is -2.44. The van der Waals surface area contributed by atoms with Gasteiger partial charge in [-0.3, -0.25) is 9.59 Å². The lowest BCUT2D eigenvalue weighted by atomic mass is 10.0. The number of carbonyl (C=O) groups excluding carboxylic acids is 3. The molecular weight excluding hydrogens is 911 g/mol. The number of unbranched alkanes of at least 4 members (excludes halogenated alkanes) is 31. The van der Waals surface area contributed by atoms with Crippen LogP contribution in [0.4, 0.5) is 0 Å². The normalized spacial score (nSPS) is 13.2. The van der Waals surface area contributed by atoms with E-state index in [1.54, 1.807) is 0 Å². The summed E-state index contributed by atoms with van der Waals surface area (Å²) in [5, 5.41) is 11.7. The molecular formula is C64H115NO8. The number of rotatable bonds is 56. The molecule has 0 saturated carbocycles. The van der Waals surface area contributed by atoms with E-state index < -0.39 is 24.3 Å². The van der Waals surface area contributed by atoms with E-state index in [0.29, 0.717) is 23.9 Å². The summed E-state index contributed by atoms with van der Waals surface area (Å²) in [7, 11) is 5.92. The Morgan fingerprint density at radius 3 is 1.16 bits per heavy atom. The quantitative estimate of drug-likeness (QED) is 0.0195. The zero-order valence-corrected chi connectivity index (χ0v) is 48.3. The van der Waals surface area contributed by atoms with E-state index in [4.69, 9.17) is 18.9 Å². The highest BCUT2D eigenvalue weighted by molar-refractivity contribution is 5.70. The van der Waals surface area contributed by atoms with Gasteiger partial charge in [-0.1, -0.05) is 261 Å². The Balaban J connectivity index is 3.96. The van der Waals surface area contributed by atoms with Crippen LogP contribution >= 0.6 is 0 Å². The largest absolute Gasteiger partial charge is 0.545 e. The van der Waals surface area contributed by atoms with Crippen molar-refractivity contribution in [2.24, 2.45) is 0 Å². The summed E-state index contributed by atoms with van der Waals surface area (Å²) in [4.78, 5) is 37.2. The molecule has 0 aromatic rings. The van der Waals surface area contributed by atoms with Gasteiger partial charge in [0.15, 0.2) is 12.4 Å². The Kier molecular flexibility index (Phi) is 53.0. The highest BCUT2D eigenvalue weighted by Crippen LogP contribution is 2.17. The van der Waals surface area contributed by atoms with E-state index in [-0.39, 0.29) is 32.2 Å². The topological polar surface area (TPSA) is 111 Å². The zero-order valence-electron chi connectivity index (χ0n) is 48.3. The van der Waals surface area contributed by atoms with Gasteiger partial charge in [0.2, 0.25) is 0 Å². The number of carboxylic acids is 1. The molecule has 9 nitrogen and oxygen atoms in total. The summed E-state index contributed by atoms with van der Waals surface area (Å²) < 4.78 is 22.7. The van der Waals surface area contributed by atoms with E-state index in [1.807, 2.05) is 21.1 Å². The van der Waals surface area contributed by atoms with E-state index in [2.05, 4.69) is 74.6 Å². The van der Waals surface area contributed by atoms with Crippen LogP contribution in [-0.2, 0) is 33.3 Å². The van der Waals surface area contributed by atoms with Crippen LogP contribution in [0.3, 0.4) is 0 Å². The molecule has 0 spiro atoms. The zero-order chi connectivity index (χ0) is 53.4. The summed E-state index contributed by atoms with van der Waals surface area (Å²) in [5.74, 6) is -2.27. The lowest BCUT2D eigenvalue weighted by Gasteiger charge is -2.26. The number of hydrogen-bond donors (Lipinski definition) is 0. The van der Waals surface area contributed by atoms with Crippen molar-refractivity contribution in [2.75, 3.05) is 47.5 Å². The minimum absolute atomic E-state index is 0.150. The molecule has 0 aliphatic rings. The van der Waals surface area contributed by atoms with Crippen molar-refractivity contribution < 1.29 is 42.9 Å². The lowest BCUT2D eigenvalue weighted by molar-refractivity contribution is -0.870. The standard InChI is InChI=1S/C64H115NO8/c1-6-8-10-12-14-16-18-19-20-21-22-23-24-25-26-27-28-29-30-31-32-33-34-35-36-37-38-39-40-41-42-43-45-47-49-51-53-55-62(67)73-60(59-72-64(63(68)69)70-57-56-65(3,4)5)58-71-61(66)54-52-50-48-46-44-17-15-13-11-9-7-2/h8,10,14,16,19-20,22-23,25-26,60,64H,6-7,9,11-13,15,17-18,21,24,27-59H2,1-5H3/b10-8-,16-14-,20-19-,23-22-,26-25-. The molecule has 0 aliphatic carbocycles. The molecule has 0 aromatic heterocycles. The maximum atomic E-state index is 12.8. The van der Waals surface area contributed by atoms with Crippen LogP contribution in [0.25, 0.3) is 0 Å². The molecule has 0 amide bonds. The number of esters is 2. The molecule has 2 unspecified atom stereocenters. The first-order valence-electron chi connectivity index (χ1n) is 30.4. The van der Waals surface area contributed by atoms with Crippen molar-refractivity contribution in [1.82, 2.24) is 0 Å². The molecule has 9 heteroatoms. The number of quaternary nitrogens is 1. The van der Waals surface area contributed by atoms with Crippen LogP contribution in [-0.4, -0.2) is 82.3 Å². The summed E-state index contributed by atoms with van der Waals surface area (Å²) in [6, 6.07) is 0. The fourth-order valence-electron chi connectivity index (χ4n) is 8.62. The second-order valence-corrected chi connectivity index (χ2v) is 21.6. The van der Waals surface area contributed by atoms with Gasteiger partial charge in [-0.15, -0.1) is 0 Å². The Bertz CT molecular complexity index is 1380. The number of allylic oxidation sites excluding steroid dienone is 10. The third kappa shape index (κ3) is 56.6. The second-order valence-electron chi connectivity index (χ2n) is 21.6. The van der Waals surface area contributed by atoms with Crippen LogP contribution in [0.2, 0.25) is 0 Å². The predicted octanol–water partition coefficient (Wildman–Crippen LogP) is 16.7. The number of aliphatic carboxylic acids is 1. The monoisotopic (exact) mass is 1030 g/mol. The first-order valence-corrected chi connectivity index (χ1v) is 30.4. The third-order valence-electron chi connectivity index (χ3n) is 13.3. The van der Waals surface area contributed by atoms with Crippen molar-refractivity contribution in [3.8, 4) is 0 Å². The molecule has 0 fully saturated rings. The van der Waals surface area contributed by atoms with Gasteiger partial charge in [-0.05, 0) is 57.8 Å². The average molecular weight is 1030 g/mol. The van der Waals surface area contributed by atoms with Gasteiger partial charge >= 0.3 is 11.9 Å². The first-order chi connectivity index (χ1) is 35.6. The molecule has 424 valence electrons. The fourth-order valence-corrected chi connectivity index (χ4v) is 8.62. The first kappa shape index (κ1) is 70.0. The van der Waals surface area contributed by atoms with Gasteiger partial charge in [0.1, 0.15) is 13.2 Å². The van der Waals surface area contributed by atoms with Crippen LogP contribution in [0.5, 0.6) is 0 Å². The number of carbonyl (C=O) groups is 3. The van der Waals surface area contributed by atoms with E-state index >= 15 is 0 Å². The molecule has 0 rings (SSSR count). The fraction of sp³-hybridized carbons (Fsp3) is 0.797. The SMILES string of the molecule is CC/C=C\C/C=C\C/C=C\C/C=C\C/C=C\CCCCCCCCCCCCCCCCCCCCCCCC(=O)OC(COC(=O)CCCCCCCCCCCCC)COC(OCC[N+](C)(C)C)C(=O)[O-]. The van der Waals surface area contributed by atoms with Crippen molar-refractivity contribution in [2.45, 2.75) is 283 Å². The van der Waals surface area contributed by atoms with Gasteiger partial charge in [-0.2, -0.15) is 0 Å². The van der Waals surface area contributed by atoms with E-state index in [0.717, 1.165) is 64.2 Å². The van der Waals surface area contributed by atoms with Gasteiger partial charge in [-0.25, -0.2) is 0 Å². The summed E-state index contributed by atoms with van der Waals surface area (Å²) in [5.41, 5.74) is 0. The van der Waals surface area contributed by atoms with E-state index in [9.17, 15) is 19.5 Å². The minimum atomic E-state index is -1.62. The number of carboxylic acid groups (broad SMARTS) is 1. The molecule has 0 bridgehead atoms. The van der Waals surface area contributed by atoms with Crippen LogP contribution in [0.15, 0.2) is 60.8 Å². The van der Waals surface area contributed by atoms with Crippen molar-refractivity contribution in [1.29, 1.82) is 0 Å². The number of nitrogens with zero attached hydrogens (tertiary/aromatic N) is 1. The average Bonchev–Trinajstić information content (AvgIpc) is 3.36. The van der Waals surface area contributed by atoms with Crippen LogP contribution < -0.4 is 5.11 Å². The van der Waals surface area contributed by atoms with Gasteiger partial charge in [0, 0.05) is 12.8 Å². The van der Waals surface area contributed by atoms with Gasteiger partial charge in [0.05, 0.1) is 40.3 Å². The summed E-state index contributed by atoms with van der Waals surface area (Å²) in [6.45, 7) is 4.65. The summed E-state index contributed by atoms with van der Waals surface area (Å²) in [6.07, 6.45) is 67.3. The van der Waals surface area contributed by atoms with Gasteiger partial charge in [0.25, 0.3) is 0 Å². The third-order valence-corrected chi connectivity index (χ3v) is 13.3. The predicted molar refractivity (Wildman–Crippen MR) is 306 cm³/mol. The number of ether oxygens (including phenoxy) is 4. The number of hydrogen-bond acceptors (Lipinski definition) is 8. The Labute approximate surface area is 450 Å². The maximum Gasteiger partial charge on any atom is 0.306 e. The molecule has 0 radical (unpaired) electrons. The van der Waals surface area contributed by atoms with Gasteiger partial charge < -0.3 is 33.3 Å². The van der Waals surface area contributed by atoms with Crippen LogP contribution in [0.1, 0.15) is 271 Å². The second kappa shape index (κ2) is 55.2. The van der Waals surface area contributed by atoms with E-state index in [1.165, 1.54) is 173 Å². The minimum Gasteiger partial charge on any atom is -0.545 e. The molecule has 73 heavy (non-hydrogen) atoms. The molecule has 0 aromatic carbocycles. The van der Waals surface area contributed by atoms with Crippen molar-refractivity contribution >= 4 is 17.9 Å². The Morgan fingerprint density at radius 2 is 0.781 bits per heavy atom. The van der Waals surface area contributed by atoms with Crippen molar-refractivity contribution in [3.63, 3.8) is 0 Å². The molecule has 0 aliphatic heterocycles. The Hall–Kier alpha value is -3.01. The van der Waals surface area contributed by atoms with Crippen LogP contribution in [0, 0.1) is 0 Å². The molecule has 0 N–H and O–H groups in total. The highest BCUT2D eigenvalue weighted by Gasteiger charge is 2.22. The van der Waals surface area contributed by atoms with Crippen molar-refractivity contribution in [3.05, 3.63) is 60.8 Å². The smallest absolute Gasteiger partial charge is 0.306 e.